The van der Waals surface area contributed by atoms with E-state index in [-0.39, 0.29) is 5.91 Å². The van der Waals surface area contributed by atoms with E-state index >= 15 is 0 Å². The van der Waals surface area contributed by atoms with Gasteiger partial charge >= 0.3 is 0 Å². The zero-order chi connectivity index (χ0) is 10.3. The van der Waals surface area contributed by atoms with Crippen LogP contribution in [0.5, 0.6) is 0 Å². The van der Waals surface area contributed by atoms with Crippen LogP contribution in [0.3, 0.4) is 0 Å². The minimum absolute atomic E-state index is 0.385. The molecule has 0 radical (unpaired) electrons. The number of carbonyl (C=O) groups excluding carboxylic acids is 1. The molecule has 0 aromatic rings. The fourth-order valence-electron chi connectivity index (χ4n) is 1.96. The maximum absolute atomic E-state index is 11.4. The molecule has 0 aliphatic carbocycles. The Morgan fingerprint density at radius 1 is 1.62 bits per heavy atom. The molecule has 72 valence electrons. The molecule has 0 aromatic carbocycles. The maximum atomic E-state index is 11.4. The molecule has 4 heteroatoms. The first-order chi connectivity index (χ1) is 5.78. The summed E-state index contributed by atoms with van der Waals surface area (Å²) in [7, 11) is 0. The van der Waals surface area contributed by atoms with E-state index in [9.17, 15) is 9.90 Å². The molecule has 0 unspecified atom stereocenters. The van der Waals surface area contributed by atoms with Crippen LogP contribution in [0.4, 0.5) is 0 Å². The SMILES string of the molecule is CC1(C)C[C@@](C)(O)NC(=O)[C@H]1C#N. The van der Waals surface area contributed by atoms with Crippen LogP contribution in [-0.2, 0) is 4.79 Å². The number of nitriles is 1. The van der Waals surface area contributed by atoms with E-state index in [1.807, 2.05) is 19.9 Å². The van der Waals surface area contributed by atoms with Gasteiger partial charge in [0.2, 0.25) is 5.91 Å². The van der Waals surface area contributed by atoms with Gasteiger partial charge < -0.3 is 10.4 Å². The first-order valence-electron chi connectivity index (χ1n) is 4.22. The third kappa shape index (κ3) is 1.81. The molecule has 1 aliphatic rings. The minimum atomic E-state index is -1.19. The molecule has 1 heterocycles. The second-order valence-electron chi connectivity index (χ2n) is 4.49. The first-order valence-corrected chi connectivity index (χ1v) is 4.22. The highest BCUT2D eigenvalue weighted by molar-refractivity contribution is 5.83. The van der Waals surface area contributed by atoms with E-state index in [0.717, 1.165) is 0 Å². The van der Waals surface area contributed by atoms with Crippen LogP contribution in [0.15, 0.2) is 0 Å². The topological polar surface area (TPSA) is 73.1 Å². The highest BCUT2D eigenvalue weighted by Gasteiger charge is 2.46. The summed E-state index contributed by atoms with van der Waals surface area (Å²) in [5, 5.41) is 20.8. The van der Waals surface area contributed by atoms with Crippen LogP contribution >= 0.6 is 0 Å². The average molecular weight is 182 g/mol. The van der Waals surface area contributed by atoms with Gasteiger partial charge in [-0.15, -0.1) is 0 Å². The monoisotopic (exact) mass is 182 g/mol. The van der Waals surface area contributed by atoms with Gasteiger partial charge in [-0.3, -0.25) is 4.79 Å². The molecule has 2 N–H and O–H groups in total. The summed E-state index contributed by atoms with van der Waals surface area (Å²) in [4.78, 5) is 11.4. The van der Waals surface area contributed by atoms with Crippen LogP contribution in [0.1, 0.15) is 27.2 Å². The summed E-state index contributed by atoms with van der Waals surface area (Å²) < 4.78 is 0. The Labute approximate surface area is 77.6 Å². The molecule has 1 saturated heterocycles. The lowest BCUT2D eigenvalue weighted by molar-refractivity contribution is -0.145. The number of hydrogen-bond acceptors (Lipinski definition) is 3. The summed E-state index contributed by atoms with van der Waals surface area (Å²) in [6.45, 7) is 5.17. The lowest BCUT2D eigenvalue weighted by Gasteiger charge is -2.42. The van der Waals surface area contributed by atoms with Crippen LogP contribution in [0.25, 0.3) is 0 Å². The predicted octanol–water partition coefficient (Wildman–Crippen LogP) is 0.381. The summed E-state index contributed by atoms with van der Waals surface area (Å²) in [5.74, 6) is -1.06. The molecular formula is C9H14N2O2. The van der Waals surface area contributed by atoms with E-state index in [4.69, 9.17) is 5.26 Å². The van der Waals surface area contributed by atoms with Gasteiger partial charge in [-0.25, -0.2) is 0 Å². The zero-order valence-electron chi connectivity index (χ0n) is 8.09. The van der Waals surface area contributed by atoms with Crippen molar-refractivity contribution in [3.63, 3.8) is 0 Å². The van der Waals surface area contributed by atoms with E-state index in [0.29, 0.717) is 6.42 Å². The number of nitrogens with zero attached hydrogens (tertiary/aromatic N) is 1. The van der Waals surface area contributed by atoms with Crippen LogP contribution < -0.4 is 5.32 Å². The summed E-state index contributed by atoms with van der Waals surface area (Å²) in [6.07, 6.45) is 0.393. The Kier molecular flexibility index (Phi) is 2.08. The van der Waals surface area contributed by atoms with Gasteiger partial charge in [0.1, 0.15) is 11.6 Å². The molecule has 0 spiro atoms. The summed E-state index contributed by atoms with van der Waals surface area (Å²) in [5.41, 5.74) is -1.66. The summed E-state index contributed by atoms with van der Waals surface area (Å²) >= 11 is 0. The Hall–Kier alpha value is -1.08. The molecule has 1 fully saturated rings. The number of aliphatic hydroxyl groups is 1. The highest BCUT2D eigenvalue weighted by Crippen LogP contribution is 2.38. The molecule has 2 atom stereocenters. The standard InChI is InChI=1S/C9H14N2O2/c1-8(2)5-9(3,13)11-7(12)6(8)4-10/h6,13H,5H2,1-3H3,(H,11,12)/t6-,9-/m1/s1. The van der Waals surface area contributed by atoms with Crippen molar-refractivity contribution in [1.82, 2.24) is 5.32 Å². The number of nitrogens with one attached hydrogen (secondary N) is 1. The molecule has 0 saturated carbocycles. The lowest BCUT2D eigenvalue weighted by atomic mass is 9.71. The molecule has 1 aliphatic heterocycles. The van der Waals surface area contributed by atoms with Crippen molar-refractivity contribution in [2.75, 3.05) is 0 Å². The van der Waals surface area contributed by atoms with Gasteiger partial charge in [-0.05, 0) is 12.3 Å². The second kappa shape index (κ2) is 2.71. The Bertz CT molecular complexity index is 276. The molecule has 0 aromatic heterocycles. The quantitative estimate of drug-likeness (QED) is 0.569. The fourth-order valence-corrected chi connectivity index (χ4v) is 1.96. The Balaban J connectivity index is 2.97. The maximum Gasteiger partial charge on any atom is 0.240 e. The lowest BCUT2D eigenvalue weighted by Crippen LogP contribution is -2.58. The van der Waals surface area contributed by atoms with Gasteiger partial charge in [0.15, 0.2) is 0 Å². The van der Waals surface area contributed by atoms with Gasteiger partial charge in [-0.2, -0.15) is 5.26 Å². The third-order valence-corrected chi connectivity index (χ3v) is 2.37. The van der Waals surface area contributed by atoms with Crippen LogP contribution in [-0.4, -0.2) is 16.7 Å². The van der Waals surface area contributed by atoms with Crippen LogP contribution in [0, 0.1) is 22.7 Å². The highest BCUT2D eigenvalue weighted by atomic mass is 16.3. The Morgan fingerprint density at radius 2 is 2.15 bits per heavy atom. The van der Waals surface area contributed by atoms with Crippen molar-refractivity contribution in [2.45, 2.75) is 32.9 Å². The summed E-state index contributed by atoms with van der Waals surface area (Å²) in [6, 6.07) is 1.96. The molecule has 4 nitrogen and oxygen atoms in total. The van der Waals surface area contributed by atoms with E-state index in [2.05, 4.69) is 5.32 Å². The molecule has 13 heavy (non-hydrogen) atoms. The van der Waals surface area contributed by atoms with Crippen molar-refractivity contribution in [3.05, 3.63) is 0 Å². The fraction of sp³-hybridized carbons (Fsp3) is 0.778. The average Bonchev–Trinajstić information content (AvgIpc) is 1.79. The number of piperidine rings is 1. The molecular weight excluding hydrogens is 168 g/mol. The number of rotatable bonds is 0. The van der Waals surface area contributed by atoms with Crippen molar-refractivity contribution in [1.29, 1.82) is 5.26 Å². The smallest absolute Gasteiger partial charge is 0.240 e. The number of amides is 1. The largest absolute Gasteiger partial charge is 0.371 e. The molecule has 0 bridgehead atoms. The van der Waals surface area contributed by atoms with E-state index < -0.39 is 17.1 Å². The Morgan fingerprint density at radius 3 is 2.54 bits per heavy atom. The van der Waals surface area contributed by atoms with Crippen LogP contribution in [0.2, 0.25) is 0 Å². The minimum Gasteiger partial charge on any atom is -0.371 e. The van der Waals surface area contributed by atoms with Gasteiger partial charge in [0, 0.05) is 6.42 Å². The number of carbonyl (C=O) groups is 1. The normalized spacial score (nSPS) is 37.8. The second-order valence-corrected chi connectivity index (χ2v) is 4.49. The predicted molar refractivity (Wildman–Crippen MR) is 46.3 cm³/mol. The van der Waals surface area contributed by atoms with Crippen molar-refractivity contribution in [3.8, 4) is 6.07 Å². The first kappa shape index (κ1) is 10.0. The van der Waals surface area contributed by atoms with Crippen molar-refractivity contribution in [2.24, 2.45) is 11.3 Å². The number of hydrogen-bond donors (Lipinski definition) is 2. The van der Waals surface area contributed by atoms with Gasteiger partial charge in [-0.1, -0.05) is 13.8 Å². The third-order valence-electron chi connectivity index (χ3n) is 2.37. The van der Waals surface area contributed by atoms with Gasteiger partial charge in [0.05, 0.1) is 6.07 Å². The zero-order valence-corrected chi connectivity index (χ0v) is 8.09. The van der Waals surface area contributed by atoms with Crippen molar-refractivity contribution < 1.29 is 9.90 Å². The van der Waals surface area contributed by atoms with Gasteiger partial charge in [0.25, 0.3) is 0 Å². The molecule has 1 amide bonds. The van der Waals surface area contributed by atoms with E-state index in [1.165, 1.54) is 0 Å². The van der Waals surface area contributed by atoms with Crippen molar-refractivity contribution >= 4 is 5.91 Å². The van der Waals surface area contributed by atoms with E-state index in [1.54, 1.807) is 6.92 Å². The molecule has 1 rings (SSSR count).